The van der Waals surface area contributed by atoms with Crippen LogP contribution in [0.4, 0.5) is 0 Å². The summed E-state index contributed by atoms with van der Waals surface area (Å²) < 4.78 is 35.2. The maximum absolute atomic E-state index is 12.8. The lowest BCUT2D eigenvalue weighted by Crippen LogP contribution is -2.37. The van der Waals surface area contributed by atoms with Crippen molar-refractivity contribution >= 4 is 13.8 Å². The van der Waals surface area contributed by atoms with Gasteiger partial charge >= 0.3 is 13.8 Å². The second kappa shape index (κ2) is 48.4. The number of ether oxygens (including phenoxy) is 2. The number of likely N-dealkylation sites (N-methyl/N-ethyl adjacent to an activating group) is 1. The Kier molecular flexibility index (Phi) is 47.7. The Morgan fingerprint density at radius 1 is 0.484 bits per heavy atom. The first kappa shape index (κ1) is 63.0. The molecule has 0 aromatic rings. The van der Waals surface area contributed by atoms with E-state index in [9.17, 15) is 14.3 Å². The van der Waals surface area contributed by atoms with E-state index in [0.717, 1.165) is 38.5 Å². The Morgan fingerprint density at radius 3 is 1.30 bits per heavy atom. The fraction of sp³-hybridized carbons (Fsp3) is 0.909. The number of nitrogens with zero attached hydrogens (tertiary/aromatic N) is 1. The number of unbranched alkanes of at least 4 members (excludes halogenated alkanes) is 34. The van der Waals surface area contributed by atoms with Gasteiger partial charge in [0.05, 0.1) is 34.4 Å². The van der Waals surface area contributed by atoms with E-state index in [0.29, 0.717) is 24.1 Å². The van der Waals surface area contributed by atoms with E-state index in [-0.39, 0.29) is 25.8 Å². The Bertz CT molecular complexity index is 1080. The zero-order valence-corrected chi connectivity index (χ0v) is 44.2. The molecule has 0 radical (unpaired) electrons. The average molecular weight is 927 g/mol. The zero-order chi connectivity index (χ0) is 46.9. The van der Waals surface area contributed by atoms with E-state index in [1.54, 1.807) is 0 Å². The lowest BCUT2D eigenvalue weighted by atomic mass is 10.0. The highest BCUT2D eigenvalue weighted by Crippen LogP contribution is 2.43. The van der Waals surface area contributed by atoms with Crippen molar-refractivity contribution in [1.82, 2.24) is 0 Å². The van der Waals surface area contributed by atoms with Crippen molar-refractivity contribution in [2.45, 2.75) is 270 Å². The van der Waals surface area contributed by atoms with E-state index in [4.69, 9.17) is 18.5 Å². The van der Waals surface area contributed by atoms with Crippen LogP contribution in [0.25, 0.3) is 0 Å². The molecule has 2 unspecified atom stereocenters. The van der Waals surface area contributed by atoms with E-state index >= 15 is 0 Å². The van der Waals surface area contributed by atoms with Gasteiger partial charge in [0.1, 0.15) is 19.3 Å². The molecule has 8 nitrogen and oxygen atoms in total. The Labute approximate surface area is 398 Å². The lowest BCUT2D eigenvalue weighted by Gasteiger charge is -2.24. The molecular weight excluding hydrogens is 818 g/mol. The number of rotatable bonds is 52. The van der Waals surface area contributed by atoms with Gasteiger partial charge < -0.3 is 18.9 Å². The second-order valence-electron chi connectivity index (χ2n) is 20.0. The molecule has 0 aliphatic heterocycles. The molecule has 0 rings (SSSR count). The molecule has 380 valence electrons. The average Bonchev–Trinajstić information content (AvgIpc) is 3.25. The maximum Gasteiger partial charge on any atom is 0.472 e. The molecule has 0 aromatic carbocycles. The summed E-state index contributed by atoms with van der Waals surface area (Å²) in [6.45, 7) is 5.65. The summed E-state index contributed by atoms with van der Waals surface area (Å²) in [6, 6.07) is 0. The number of phosphoric acid groups is 1. The van der Waals surface area contributed by atoms with E-state index in [1.807, 2.05) is 21.1 Å². The van der Waals surface area contributed by atoms with Crippen LogP contribution in [0, 0.1) is 0 Å². The number of carbonyl (C=O) groups is 1. The minimum Gasteiger partial charge on any atom is -0.457 e. The number of phosphoric ester groups is 1. The molecule has 0 aliphatic carbocycles. The predicted octanol–water partition coefficient (Wildman–Crippen LogP) is 17.1. The van der Waals surface area contributed by atoms with Crippen LogP contribution in [0.15, 0.2) is 24.3 Å². The van der Waals surface area contributed by atoms with E-state index in [1.165, 1.54) is 205 Å². The largest absolute Gasteiger partial charge is 0.472 e. The third-order valence-electron chi connectivity index (χ3n) is 12.3. The number of carbonyl (C=O) groups excluding carboxylic acids is 1. The van der Waals surface area contributed by atoms with Crippen LogP contribution in [0.2, 0.25) is 0 Å². The molecule has 0 bridgehead atoms. The van der Waals surface area contributed by atoms with Gasteiger partial charge in [0.25, 0.3) is 0 Å². The number of hydrogen-bond donors (Lipinski definition) is 1. The molecule has 0 fully saturated rings. The molecule has 1 N–H and O–H groups in total. The molecule has 0 saturated heterocycles. The van der Waals surface area contributed by atoms with Crippen molar-refractivity contribution in [3.63, 3.8) is 0 Å². The third-order valence-corrected chi connectivity index (χ3v) is 13.2. The third kappa shape index (κ3) is 52.0. The molecule has 0 spiro atoms. The molecule has 9 heteroatoms. The van der Waals surface area contributed by atoms with Gasteiger partial charge in [-0.05, 0) is 44.9 Å². The summed E-state index contributed by atoms with van der Waals surface area (Å²) in [6.07, 6.45) is 58.0. The fourth-order valence-electron chi connectivity index (χ4n) is 8.00. The topological polar surface area (TPSA) is 91.3 Å². The molecule has 0 amide bonds. The van der Waals surface area contributed by atoms with Crippen molar-refractivity contribution in [3.8, 4) is 0 Å². The highest BCUT2D eigenvalue weighted by atomic mass is 31.2. The van der Waals surface area contributed by atoms with Gasteiger partial charge in [-0.15, -0.1) is 0 Å². The molecule has 64 heavy (non-hydrogen) atoms. The van der Waals surface area contributed by atoms with Gasteiger partial charge in [0.2, 0.25) is 0 Å². The normalized spacial score (nSPS) is 13.7. The summed E-state index contributed by atoms with van der Waals surface area (Å²) in [5.74, 6) is -0.308. The smallest absolute Gasteiger partial charge is 0.457 e. The first-order chi connectivity index (χ1) is 31.1. The van der Waals surface area contributed by atoms with Gasteiger partial charge in [-0.3, -0.25) is 13.8 Å². The first-order valence-corrected chi connectivity index (χ1v) is 29.1. The van der Waals surface area contributed by atoms with Crippen LogP contribution in [-0.2, 0) is 27.9 Å². The molecular formula is C55H109NO7P+. The fourth-order valence-corrected chi connectivity index (χ4v) is 8.74. The molecule has 0 heterocycles. The van der Waals surface area contributed by atoms with Gasteiger partial charge in [-0.1, -0.05) is 237 Å². The van der Waals surface area contributed by atoms with E-state index in [2.05, 4.69) is 38.2 Å². The van der Waals surface area contributed by atoms with Crippen LogP contribution in [-0.4, -0.2) is 75.6 Å². The van der Waals surface area contributed by atoms with Crippen LogP contribution >= 0.6 is 7.82 Å². The van der Waals surface area contributed by atoms with Crippen molar-refractivity contribution in [1.29, 1.82) is 0 Å². The van der Waals surface area contributed by atoms with Crippen LogP contribution < -0.4 is 0 Å². The summed E-state index contributed by atoms with van der Waals surface area (Å²) in [4.78, 5) is 23.0. The SMILES string of the molecule is CCCCC/C=C\C/C=C\CCCCCCCCCCCCOCC(COP(=O)(O)OCC[N+](C)(C)C)OC(=O)CCCCCCCCCCCCCCCCCCCCCCCC. The minimum absolute atomic E-state index is 0.0906. The number of hydrogen-bond acceptors (Lipinski definition) is 6. The van der Waals surface area contributed by atoms with Crippen LogP contribution in [0.1, 0.15) is 264 Å². The van der Waals surface area contributed by atoms with Crippen molar-refractivity contribution in [3.05, 3.63) is 24.3 Å². The maximum atomic E-state index is 12.8. The second-order valence-corrected chi connectivity index (χ2v) is 21.4. The zero-order valence-electron chi connectivity index (χ0n) is 43.3. The standard InChI is InChI=1S/C55H108NO7P/c1-6-8-10-12-14-16-18-20-22-24-26-28-29-30-32-34-36-38-40-42-44-46-48-55(57)63-54(53-62-64(58,59)61-51-49-56(3,4)5)52-60-50-47-45-43-41-39-37-35-33-31-27-25-23-21-19-17-15-13-11-9-7-2/h15,17,21,23,54H,6-14,16,18-20,22,24-53H2,1-5H3/p+1/b17-15-,23-21-. The van der Waals surface area contributed by atoms with E-state index < -0.39 is 13.9 Å². The van der Waals surface area contributed by atoms with Gasteiger partial charge in [0, 0.05) is 13.0 Å². The molecule has 0 aromatic heterocycles. The van der Waals surface area contributed by atoms with Gasteiger partial charge in [-0.25, -0.2) is 4.57 Å². The van der Waals surface area contributed by atoms with Crippen LogP contribution in [0.5, 0.6) is 0 Å². The Morgan fingerprint density at radius 2 is 0.859 bits per heavy atom. The predicted molar refractivity (Wildman–Crippen MR) is 275 cm³/mol. The van der Waals surface area contributed by atoms with Crippen molar-refractivity contribution in [2.75, 3.05) is 54.1 Å². The van der Waals surface area contributed by atoms with Gasteiger partial charge in [-0.2, -0.15) is 0 Å². The summed E-state index contributed by atoms with van der Waals surface area (Å²) in [5, 5.41) is 0. The van der Waals surface area contributed by atoms with Crippen molar-refractivity contribution < 1.29 is 37.3 Å². The number of esters is 1. The highest BCUT2D eigenvalue weighted by Gasteiger charge is 2.26. The first-order valence-electron chi connectivity index (χ1n) is 27.6. The summed E-state index contributed by atoms with van der Waals surface area (Å²) >= 11 is 0. The molecule has 0 aliphatic rings. The van der Waals surface area contributed by atoms with Gasteiger partial charge in [0.15, 0.2) is 0 Å². The molecule has 2 atom stereocenters. The highest BCUT2D eigenvalue weighted by molar-refractivity contribution is 7.47. The Balaban J connectivity index is 4.07. The molecule has 0 saturated carbocycles. The summed E-state index contributed by atoms with van der Waals surface area (Å²) in [7, 11) is 1.68. The Hall–Kier alpha value is -1.02. The lowest BCUT2D eigenvalue weighted by molar-refractivity contribution is -0.870. The van der Waals surface area contributed by atoms with Crippen molar-refractivity contribution in [2.24, 2.45) is 0 Å². The number of quaternary nitrogens is 1. The number of allylic oxidation sites excluding steroid dienone is 4. The summed E-state index contributed by atoms with van der Waals surface area (Å²) in [5.41, 5.74) is 0. The minimum atomic E-state index is -4.28. The van der Waals surface area contributed by atoms with Crippen LogP contribution in [0.3, 0.4) is 0 Å². The quantitative estimate of drug-likeness (QED) is 0.0214. The monoisotopic (exact) mass is 927 g/mol.